The Hall–Kier alpha value is -1.96. The van der Waals surface area contributed by atoms with Gasteiger partial charge in [-0.1, -0.05) is 0 Å². The zero-order valence-electron chi connectivity index (χ0n) is 15.7. The summed E-state index contributed by atoms with van der Waals surface area (Å²) in [6, 6.07) is 4.34. The van der Waals surface area contributed by atoms with E-state index in [2.05, 4.69) is 38.2 Å². The fraction of sp³-hybridized carbons (Fsp3) is 0.500. The largest absolute Gasteiger partial charge is 0.490 e. The minimum Gasteiger partial charge on any atom is -0.475 e. The first-order valence-corrected chi connectivity index (χ1v) is 11.1. The van der Waals surface area contributed by atoms with Crippen molar-refractivity contribution in [2.75, 3.05) is 12.8 Å². The smallest absolute Gasteiger partial charge is 0.475 e. The molecule has 0 radical (unpaired) electrons. The van der Waals surface area contributed by atoms with Crippen molar-refractivity contribution in [1.29, 1.82) is 0 Å². The van der Waals surface area contributed by atoms with Crippen molar-refractivity contribution in [2.45, 2.75) is 39.3 Å². The van der Waals surface area contributed by atoms with E-state index < -0.39 is 22.2 Å². The molecule has 0 saturated heterocycles. The van der Waals surface area contributed by atoms with Crippen molar-refractivity contribution in [3.63, 3.8) is 0 Å². The van der Waals surface area contributed by atoms with Gasteiger partial charge in [0, 0.05) is 35.6 Å². The highest BCUT2D eigenvalue weighted by atomic mass is 32.2. The zero-order valence-corrected chi connectivity index (χ0v) is 17.4. The Labute approximate surface area is 170 Å². The van der Waals surface area contributed by atoms with Crippen LogP contribution in [0.15, 0.2) is 18.3 Å². The van der Waals surface area contributed by atoms with Crippen molar-refractivity contribution in [3.8, 4) is 0 Å². The van der Waals surface area contributed by atoms with E-state index in [-0.39, 0.29) is 6.54 Å². The molecular weight excluding hydrogens is 433 g/mol. The number of thiophene rings is 1. The van der Waals surface area contributed by atoms with Crippen LogP contribution in [0.1, 0.15) is 21.3 Å². The summed E-state index contributed by atoms with van der Waals surface area (Å²) in [5, 5.41) is 7.12. The number of aromatic nitrogens is 2. The SMILES string of the molecule is Cc1ccc(CN2CCn3cc(CNS(C)(=O)=O)nc3C2)s1.O=C(O)C(F)(F)F. The zero-order chi connectivity index (χ0) is 21.8. The lowest BCUT2D eigenvalue weighted by Crippen LogP contribution is -2.32. The van der Waals surface area contributed by atoms with E-state index in [1.807, 2.05) is 17.5 Å². The summed E-state index contributed by atoms with van der Waals surface area (Å²) in [6.45, 7) is 6.00. The molecule has 2 aromatic rings. The molecule has 2 N–H and O–H groups in total. The van der Waals surface area contributed by atoms with E-state index >= 15 is 0 Å². The Kier molecular flexibility index (Phi) is 7.43. The number of hydrogen-bond donors (Lipinski definition) is 2. The maximum atomic E-state index is 11.2. The quantitative estimate of drug-likeness (QED) is 0.716. The molecule has 8 nitrogen and oxygen atoms in total. The first kappa shape index (κ1) is 23.3. The van der Waals surface area contributed by atoms with E-state index in [0.29, 0.717) is 0 Å². The molecule has 2 aromatic heterocycles. The predicted octanol–water partition coefficient (Wildman–Crippen LogP) is 1.95. The number of sulfonamides is 1. The van der Waals surface area contributed by atoms with Crippen LogP contribution < -0.4 is 4.72 Å². The molecule has 0 saturated carbocycles. The maximum absolute atomic E-state index is 11.2. The molecule has 3 rings (SSSR count). The number of carboxylic acids is 1. The molecule has 1 aliphatic heterocycles. The number of aliphatic carboxylic acids is 1. The van der Waals surface area contributed by atoms with Gasteiger partial charge in [-0.05, 0) is 19.1 Å². The number of nitrogens with one attached hydrogen (secondary N) is 1. The highest BCUT2D eigenvalue weighted by Crippen LogP contribution is 2.20. The van der Waals surface area contributed by atoms with Gasteiger partial charge in [-0.3, -0.25) is 4.90 Å². The predicted molar refractivity (Wildman–Crippen MR) is 101 cm³/mol. The Morgan fingerprint density at radius 1 is 1.34 bits per heavy atom. The molecule has 13 heteroatoms. The fourth-order valence-electron chi connectivity index (χ4n) is 2.58. The van der Waals surface area contributed by atoms with Gasteiger partial charge in [0.1, 0.15) is 5.82 Å². The maximum Gasteiger partial charge on any atom is 0.490 e. The summed E-state index contributed by atoms with van der Waals surface area (Å²) in [5.41, 5.74) is 0.772. The summed E-state index contributed by atoms with van der Waals surface area (Å²) in [7, 11) is -3.18. The summed E-state index contributed by atoms with van der Waals surface area (Å²) < 4.78 is 58.6. The van der Waals surface area contributed by atoms with E-state index in [9.17, 15) is 21.6 Å². The van der Waals surface area contributed by atoms with Crippen molar-refractivity contribution < 1.29 is 31.5 Å². The van der Waals surface area contributed by atoms with Crippen molar-refractivity contribution in [3.05, 3.63) is 39.6 Å². The summed E-state index contributed by atoms with van der Waals surface area (Å²) in [6.07, 6.45) is -1.98. The first-order chi connectivity index (χ1) is 13.3. The van der Waals surface area contributed by atoms with Crippen LogP contribution in [0.2, 0.25) is 0 Å². The number of aryl methyl sites for hydroxylation is 1. The number of carbonyl (C=O) groups is 1. The highest BCUT2D eigenvalue weighted by Gasteiger charge is 2.38. The molecule has 1 aliphatic rings. The number of alkyl halides is 3. The van der Waals surface area contributed by atoms with Gasteiger partial charge in [-0.25, -0.2) is 22.9 Å². The average molecular weight is 454 g/mol. The van der Waals surface area contributed by atoms with Gasteiger partial charge in [0.15, 0.2) is 0 Å². The topological polar surface area (TPSA) is 105 Å². The van der Waals surface area contributed by atoms with E-state index in [0.717, 1.165) is 44.0 Å². The number of fused-ring (bicyclic) bond motifs is 1. The minimum absolute atomic E-state index is 0.253. The number of halogens is 3. The molecule has 0 atom stereocenters. The summed E-state index contributed by atoms with van der Waals surface area (Å²) in [5.74, 6) is -1.75. The van der Waals surface area contributed by atoms with Gasteiger partial charge < -0.3 is 9.67 Å². The average Bonchev–Trinajstić information content (AvgIpc) is 3.17. The van der Waals surface area contributed by atoms with Gasteiger partial charge in [-0.2, -0.15) is 13.2 Å². The second-order valence-corrected chi connectivity index (χ2v) is 9.67. The molecule has 0 aromatic carbocycles. The number of carboxylic acid groups (broad SMARTS) is 1. The lowest BCUT2D eigenvalue weighted by Gasteiger charge is -2.26. The number of hydrogen-bond acceptors (Lipinski definition) is 6. The molecule has 0 bridgehead atoms. The van der Waals surface area contributed by atoms with Crippen molar-refractivity contribution >= 4 is 27.3 Å². The summed E-state index contributed by atoms with van der Waals surface area (Å²) in [4.78, 5) is 18.5. The van der Waals surface area contributed by atoms with Crippen molar-refractivity contribution in [2.24, 2.45) is 0 Å². The Balaban J connectivity index is 0.000000370. The fourth-order valence-corrected chi connectivity index (χ4v) is 3.92. The van der Waals surface area contributed by atoms with Crippen LogP contribution in [-0.2, 0) is 41.0 Å². The van der Waals surface area contributed by atoms with Crippen LogP contribution in [0.5, 0.6) is 0 Å². The van der Waals surface area contributed by atoms with Crippen LogP contribution in [0.4, 0.5) is 13.2 Å². The summed E-state index contributed by atoms with van der Waals surface area (Å²) >= 11 is 1.83. The molecule has 0 amide bonds. The third kappa shape index (κ3) is 7.76. The third-order valence-corrected chi connectivity index (χ3v) is 5.52. The second kappa shape index (κ2) is 9.24. The molecule has 162 valence electrons. The van der Waals surface area contributed by atoms with Gasteiger partial charge in [0.05, 0.1) is 25.0 Å². The minimum atomic E-state index is -5.08. The van der Waals surface area contributed by atoms with Crippen LogP contribution in [-0.4, -0.2) is 52.9 Å². The normalized spacial score (nSPS) is 14.8. The van der Waals surface area contributed by atoms with Crippen LogP contribution in [0.25, 0.3) is 0 Å². The standard InChI is InChI=1S/C14H20N4O2S2.C2HF3O2/c1-11-3-4-13(21-11)9-17-5-6-18-8-12(16-14(18)10-17)7-15-22(2,19)20;3-2(4,5)1(6)7/h3-4,8,15H,5-7,9-10H2,1-2H3;(H,6,7). The lowest BCUT2D eigenvalue weighted by atomic mass is 10.3. The molecular formula is C16H21F3N4O4S2. The van der Waals surface area contributed by atoms with Gasteiger partial charge in [0.2, 0.25) is 10.0 Å². The van der Waals surface area contributed by atoms with Crippen molar-refractivity contribution in [1.82, 2.24) is 19.2 Å². The second-order valence-electron chi connectivity index (χ2n) is 6.46. The third-order valence-electron chi connectivity index (χ3n) is 3.86. The Morgan fingerprint density at radius 2 is 2.00 bits per heavy atom. The molecule has 0 aliphatic carbocycles. The van der Waals surface area contributed by atoms with Gasteiger partial charge in [-0.15, -0.1) is 11.3 Å². The van der Waals surface area contributed by atoms with Crippen LogP contribution in [0.3, 0.4) is 0 Å². The van der Waals surface area contributed by atoms with Crippen LogP contribution >= 0.6 is 11.3 Å². The molecule has 0 fully saturated rings. The van der Waals surface area contributed by atoms with E-state index in [4.69, 9.17) is 9.90 Å². The van der Waals surface area contributed by atoms with E-state index in [1.165, 1.54) is 9.75 Å². The molecule has 3 heterocycles. The first-order valence-electron chi connectivity index (χ1n) is 8.41. The monoisotopic (exact) mass is 454 g/mol. The number of nitrogens with zero attached hydrogens (tertiary/aromatic N) is 3. The molecule has 0 spiro atoms. The molecule has 29 heavy (non-hydrogen) atoms. The molecule has 0 unspecified atom stereocenters. The lowest BCUT2D eigenvalue weighted by molar-refractivity contribution is -0.192. The Bertz CT molecular complexity index is 954. The Morgan fingerprint density at radius 3 is 2.52 bits per heavy atom. The number of rotatable bonds is 5. The van der Waals surface area contributed by atoms with Crippen LogP contribution in [0, 0.1) is 6.92 Å². The highest BCUT2D eigenvalue weighted by molar-refractivity contribution is 7.88. The number of imidazole rings is 1. The van der Waals surface area contributed by atoms with Gasteiger partial charge in [0.25, 0.3) is 0 Å². The van der Waals surface area contributed by atoms with E-state index in [1.54, 1.807) is 0 Å². The van der Waals surface area contributed by atoms with Gasteiger partial charge >= 0.3 is 12.1 Å².